The lowest BCUT2D eigenvalue weighted by Gasteiger charge is -2.33. The summed E-state index contributed by atoms with van der Waals surface area (Å²) in [7, 11) is 2.17. The topological polar surface area (TPSA) is 67.6 Å². The highest BCUT2D eigenvalue weighted by Gasteiger charge is 2.45. The zero-order valence-corrected chi connectivity index (χ0v) is 13.7. The summed E-state index contributed by atoms with van der Waals surface area (Å²) in [5.41, 5.74) is 5.17. The smallest absolute Gasteiger partial charge is 0.237 e. The number of nitrogens with two attached hydrogens (primary N) is 1. The molecular weight excluding hydrogens is 266 g/mol. The maximum Gasteiger partial charge on any atom is 0.237 e. The molecule has 3 unspecified atom stereocenters. The van der Waals surface area contributed by atoms with Crippen molar-refractivity contribution in [2.24, 2.45) is 11.7 Å². The number of carbonyl (C=O) groups excluding carboxylic acids is 1. The second-order valence-electron chi connectivity index (χ2n) is 7.16. The summed E-state index contributed by atoms with van der Waals surface area (Å²) in [6.45, 7) is 6.98. The van der Waals surface area contributed by atoms with Gasteiger partial charge in [0.25, 0.3) is 0 Å². The fraction of sp³-hybridized carbons (Fsp3) is 0.938. The zero-order chi connectivity index (χ0) is 15.5. The highest BCUT2D eigenvalue weighted by Crippen LogP contribution is 2.33. The Bertz CT molecular complexity index is 355. The molecule has 0 aromatic rings. The van der Waals surface area contributed by atoms with Crippen LogP contribution in [0.4, 0.5) is 0 Å². The van der Waals surface area contributed by atoms with Crippen LogP contribution in [0.1, 0.15) is 46.0 Å². The van der Waals surface area contributed by atoms with E-state index in [0.29, 0.717) is 12.0 Å². The molecule has 0 spiro atoms. The molecular formula is C16H31N3O2. The van der Waals surface area contributed by atoms with Crippen LogP contribution >= 0.6 is 0 Å². The van der Waals surface area contributed by atoms with Gasteiger partial charge in [0.1, 0.15) is 0 Å². The van der Waals surface area contributed by atoms with E-state index in [1.807, 2.05) is 0 Å². The Hall–Kier alpha value is -0.650. The first-order chi connectivity index (χ1) is 9.93. The monoisotopic (exact) mass is 297 g/mol. The summed E-state index contributed by atoms with van der Waals surface area (Å²) in [5, 5.41) is 3.42. The van der Waals surface area contributed by atoms with Crippen LogP contribution in [0, 0.1) is 5.92 Å². The first-order valence-corrected chi connectivity index (χ1v) is 8.28. The molecule has 3 atom stereocenters. The third-order valence-electron chi connectivity index (χ3n) is 4.95. The molecule has 1 aliphatic carbocycles. The highest BCUT2D eigenvalue weighted by molar-refractivity contribution is 5.85. The van der Waals surface area contributed by atoms with Crippen molar-refractivity contribution in [3.05, 3.63) is 0 Å². The van der Waals surface area contributed by atoms with Gasteiger partial charge in [-0.1, -0.05) is 0 Å². The van der Waals surface area contributed by atoms with E-state index in [0.717, 1.165) is 39.0 Å². The van der Waals surface area contributed by atoms with Crippen LogP contribution in [-0.4, -0.2) is 55.2 Å². The van der Waals surface area contributed by atoms with Gasteiger partial charge >= 0.3 is 0 Å². The van der Waals surface area contributed by atoms with Crippen LogP contribution in [0.15, 0.2) is 0 Å². The minimum Gasteiger partial charge on any atom is -0.381 e. The van der Waals surface area contributed by atoms with E-state index in [2.05, 4.69) is 31.1 Å². The molecule has 2 aliphatic rings. The molecule has 5 nitrogen and oxygen atoms in total. The standard InChI is InChI=1S/C16H31N3O2/c1-12(2)18-16(15(17)20)7-6-14(9-16)19(3)10-13-5-4-8-21-11-13/h12-14,18H,4-11H2,1-3H3,(H2,17,20). The summed E-state index contributed by atoms with van der Waals surface area (Å²) in [5.74, 6) is 0.429. The first-order valence-electron chi connectivity index (χ1n) is 8.28. The molecule has 0 aromatic carbocycles. The van der Waals surface area contributed by atoms with E-state index in [9.17, 15) is 4.79 Å². The van der Waals surface area contributed by atoms with Crippen molar-refractivity contribution >= 4 is 5.91 Å². The predicted octanol–water partition coefficient (Wildman–Crippen LogP) is 1.12. The Morgan fingerprint density at radius 1 is 1.48 bits per heavy atom. The number of nitrogens with one attached hydrogen (secondary N) is 1. The van der Waals surface area contributed by atoms with Crippen LogP contribution in [0.5, 0.6) is 0 Å². The van der Waals surface area contributed by atoms with Crippen molar-refractivity contribution in [1.29, 1.82) is 0 Å². The summed E-state index contributed by atoms with van der Waals surface area (Å²) >= 11 is 0. The molecule has 1 saturated carbocycles. The Morgan fingerprint density at radius 2 is 2.24 bits per heavy atom. The van der Waals surface area contributed by atoms with Gasteiger partial charge in [-0.25, -0.2) is 0 Å². The van der Waals surface area contributed by atoms with Gasteiger partial charge in [-0.3, -0.25) is 4.79 Å². The van der Waals surface area contributed by atoms with Crippen molar-refractivity contribution in [3.8, 4) is 0 Å². The Morgan fingerprint density at radius 3 is 2.81 bits per heavy atom. The molecule has 0 radical (unpaired) electrons. The second-order valence-corrected chi connectivity index (χ2v) is 7.16. The maximum atomic E-state index is 11.9. The normalized spacial score (nSPS) is 33.8. The van der Waals surface area contributed by atoms with Crippen molar-refractivity contribution in [2.75, 3.05) is 26.8 Å². The first kappa shape index (κ1) is 16.7. The van der Waals surface area contributed by atoms with Gasteiger partial charge in [0.15, 0.2) is 0 Å². The van der Waals surface area contributed by atoms with Crippen LogP contribution in [0.3, 0.4) is 0 Å². The second kappa shape index (κ2) is 7.07. The van der Waals surface area contributed by atoms with Crippen molar-refractivity contribution < 1.29 is 9.53 Å². The largest absolute Gasteiger partial charge is 0.381 e. The minimum absolute atomic E-state index is 0.201. The van der Waals surface area contributed by atoms with Crippen molar-refractivity contribution in [2.45, 2.75) is 63.6 Å². The lowest BCUT2D eigenvalue weighted by Crippen LogP contribution is -2.56. The molecule has 1 heterocycles. The summed E-state index contributed by atoms with van der Waals surface area (Å²) in [4.78, 5) is 14.3. The van der Waals surface area contributed by atoms with Gasteiger partial charge in [-0.15, -0.1) is 0 Å². The van der Waals surface area contributed by atoms with Crippen molar-refractivity contribution in [3.63, 3.8) is 0 Å². The van der Waals surface area contributed by atoms with Gasteiger partial charge in [0, 0.05) is 25.2 Å². The molecule has 2 fully saturated rings. The van der Waals surface area contributed by atoms with E-state index in [-0.39, 0.29) is 11.9 Å². The maximum absolute atomic E-state index is 11.9. The Balaban J connectivity index is 1.91. The Kier molecular flexibility index (Phi) is 5.63. The minimum atomic E-state index is -0.518. The van der Waals surface area contributed by atoms with Crippen LogP contribution in [0.2, 0.25) is 0 Å². The van der Waals surface area contributed by atoms with Crippen LogP contribution in [-0.2, 0) is 9.53 Å². The SMILES string of the molecule is CC(C)NC1(C(N)=O)CCC(N(C)CC2CCCOC2)C1. The molecule has 2 rings (SSSR count). The molecule has 0 aromatic heterocycles. The van der Waals surface area contributed by atoms with Gasteiger partial charge < -0.3 is 20.7 Å². The lowest BCUT2D eigenvalue weighted by molar-refractivity contribution is -0.124. The molecule has 1 amide bonds. The van der Waals surface area contributed by atoms with E-state index in [1.54, 1.807) is 0 Å². The third-order valence-corrected chi connectivity index (χ3v) is 4.95. The number of rotatable bonds is 6. The number of amides is 1. The van der Waals surface area contributed by atoms with Crippen LogP contribution in [0.25, 0.3) is 0 Å². The fourth-order valence-electron chi connectivity index (χ4n) is 3.88. The number of hydrogen-bond donors (Lipinski definition) is 2. The number of primary amides is 1. The zero-order valence-electron chi connectivity index (χ0n) is 13.7. The molecule has 3 N–H and O–H groups in total. The van der Waals surface area contributed by atoms with Gasteiger partial charge in [-0.05, 0) is 58.9 Å². The van der Waals surface area contributed by atoms with Gasteiger partial charge in [-0.2, -0.15) is 0 Å². The molecule has 21 heavy (non-hydrogen) atoms. The molecule has 122 valence electrons. The number of nitrogens with zero attached hydrogens (tertiary/aromatic N) is 1. The number of ether oxygens (including phenoxy) is 1. The third kappa shape index (κ3) is 4.18. The van der Waals surface area contributed by atoms with E-state index < -0.39 is 5.54 Å². The quantitative estimate of drug-likeness (QED) is 0.771. The van der Waals surface area contributed by atoms with E-state index >= 15 is 0 Å². The lowest BCUT2D eigenvalue weighted by atomic mass is 9.94. The molecule has 5 heteroatoms. The summed E-state index contributed by atoms with van der Waals surface area (Å²) in [6.07, 6.45) is 5.12. The summed E-state index contributed by atoms with van der Waals surface area (Å²) in [6, 6.07) is 0.707. The fourth-order valence-corrected chi connectivity index (χ4v) is 3.88. The van der Waals surface area contributed by atoms with E-state index in [1.165, 1.54) is 12.8 Å². The summed E-state index contributed by atoms with van der Waals surface area (Å²) < 4.78 is 5.56. The number of carbonyl (C=O) groups is 1. The van der Waals surface area contributed by atoms with E-state index in [4.69, 9.17) is 10.5 Å². The molecule has 1 saturated heterocycles. The number of hydrogen-bond acceptors (Lipinski definition) is 4. The highest BCUT2D eigenvalue weighted by atomic mass is 16.5. The Labute approximate surface area is 128 Å². The van der Waals surface area contributed by atoms with Gasteiger partial charge in [0.05, 0.1) is 12.1 Å². The predicted molar refractivity (Wildman–Crippen MR) is 84.0 cm³/mol. The molecule has 1 aliphatic heterocycles. The van der Waals surface area contributed by atoms with Gasteiger partial charge in [0.2, 0.25) is 5.91 Å². The van der Waals surface area contributed by atoms with Crippen molar-refractivity contribution in [1.82, 2.24) is 10.2 Å². The average molecular weight is 297 g/mol. The van der Waals surface area contributed by atoms with Crippen LogP contribution < -0.4 is 11.1 Å². The molecule has 0 bridgehead atoms. The average Bonchev–Trinajstić information content (AvgIpc) is 2.85.